The van der Waals surface area contributed by atoms with E-state index in [-0.39, 0.29) is 0 Å². The maximum absolute atomic E-state index is 3.87. The van der Waals surface area contributed by atoms with Crippen LogP contribution in [0.3, 0.4) is 0 Å². The van der Waals surface area contributed by atoms with Crippen LogP contribution in [0, 0.1) is 5.92 Å². The second kappa shape index (κ2) is 5.31. The molecule has 2 rings (SSSR count). The first-order valence-electron chi connectivity index (χ1n) is 6.68. The standard InChI is InChI=1S/C13H26N2/c1-11-4-3-5-12(7-6-11)14-13-8-9-15(2)10-13/h11-14H,3-10H2,1-2H3. The van der Waals surface area contributed by atoms with Gasteiger partial charge in [-0.25, -0.2) is 0 Å². The zero-order valence-electron chi connectivity index (χ0n) is 10.3. The van der Waals surface area contributed by atoms with E-state index < -0.39 is 0 Å². The summed E-state index contributed by atoms with van der Waals surface area (Å²) in [5, 5.41) is 3.87. The molecule has 0 aromatic carbocycles. The number of rotatable bonds is 2. The fraction of sp³-hybridized carbons (Fsp3) is 1.00. The Hall–Kier alpha value is -0.0800. The molecular weight excluding hydrogens is 184 g/mol. The van der Waals surface area contributed by atoms with Gasteiger partial charge in [-0.3, -0.25) is 0 Å². The number of nitrogens with one attached hydrogen (secondary N) is 1. The largest absolute Gasteiger partial charge is 0.310 e. The first-order chi connectivity index (χ1) is 7.24. The van der Waals surface area contributed by atoms with Gasteiger partial charge in [0.2, 0.25) is 0 Å². The Morgan fingerprint density at radius 1 is 1.00 bits per heavy atom. The van der Waals surface area contributed by atoms with Gasteiger partial charge in [-0.05, 0) is 45.2 Å². The fourth-order valence-corrected chi connectivity index (χ4v) is 3.06. The summed E-state index contributed by atoms with van der Waals surface area (Å²) in [6.45, 7) is 4.94. The van der Waals surface area contributed by atoms with Gasteiger partial charge >= 0.3 is 0 Å². The van der Waals surface area contributed by atoms with E-state index in [1.165, 1.54) is 51.6 Å². The molecule has 1 N–H and O–H groups in total. The molecule has 2 heteroatoms. The van der Waals surface area contributed by atoms with E-state index in [1.54, 1.807) is 0 Å². The van der Waals surface area contributed by atoms with Crippen molar-refractivity contribution in [2.45, 2.75) is 57.5 Å². The minimum Gasteiger partial charge on any atom is -0.310 e. The van der Waals surface area contributed by atoms with Crippen molar-refractivity contribution in [2.24, 2.45) is 5.92 Å². The van der Waals surface area contributed by atoms with E-state index in [2.05, 4.69) is 24.2 Å². The lowest BCUT2D eigenvalue weighted by molar-refractivity contribution is 0.363. The van der Waals surface area contributed by atoms with Crippen molar-refractivity contribution < 1.29 is 0 Å². The number of hydrogen-bond acceptors (Lipinski definition) is 2. The van der Waals surface area contributed by atoms with Crippen molar-refractivity contribution in [3.8, 4) is 0 Å². The molecule has 88 valence electrons. The minimum atomic E-state index is 0.772. The minimum absolute atomic E-state index is 0.772. The molecule has 1 aliphatic heterocycles. The van der Waals surface area contributed by atoms with Crippen molar-refractivity contribution in [2.75, 3.05) is 20.1 Å². The van der Waals surface area contributed by atoms with E-state index in [0.717, 1.165) is 18.0 Å². The molecule has 1 aliphatic carbocycles. The smallest absolute Gasteiger partial charge is 0.0209 e. The molecule has 0 spiro atoms. The lowest BCUT2D eigenvalue weighted by atomic mass is 10.0. The summed E-state index contributed by atoms with van der Waals surface area (Å²) in [5.41, 5.74) is 0. The number of likely N-dealkylation sites (N-methyl/N-ethyl adjacent to an activating group) is 1. The SMILES string of the molecule is CC1CCCC(NC2CCN(C)C2)CC1. The second-order valence-electron chi connectivity index (χ2n) is 5.72. The Morgan fingerprint density at radius 2 is 1.87 bits per heavy atom. The molecule has 15 heavy (non-hydrogen) atoms. The van der Waals surface area contributed by atoms with Crippen LogP contribution in [0.1, 0.15) is 45.4 Å². The summed E-state index contributed by atoms with van der Waals surface area (Å²) in [7, 11) is 2.23. The third kappa shape index (κ3) is 3.46. The molecule has 2 fully saturated rings. The second-order valence-corrected chi connectivity index (χ2v) is 5.72. The van der Waals surface area contributed by atoms with Crippen molar-refractivity contribution in [3.05, 3.63) is 0 Å². The predicted octanol–water partition coefficient (Wildman–Crippen LogP) is 2.25. The lowest BCUT2D eigenvalue weighted by Crippen LogP contribution is -2.39. The van der Waals surface area contributed by atoms with Gasteiger partial charge in [0.15, 0.2) is 0 Å². The number of likely N-dealkylation sites (tertiary alicyclic amines) is 1. The van der Waals surface area contributed by atoms with Crippen molar-refractivity contribution >= 4 is 0 Å². The van der Waals surface area contributed by atoms with E-state index >= 15 is 0 Å². The molecule has 0 aromatic rings. The Kier molecular flexibility index (Phi) is 4.04. The van der Waals surface area contributed by atoms with Gasteiger partial charge in [-0.15, -0.1) is 0 Å². The zero-order valence-corrected chi connectivity index (χ0v) is 10.3. The molecule has 3 atom stereocenters. The van der Waals surface area contributed by atoms with E-state index in [0.29, 0.717) is 0 Å². The van der Waals surface area contributed by atoms with Crippen LogP contribution in [-0.2, 0) is 0 Å². The number of nitrogens with zero attached hydrogens (tertiary/aromatic N) is 1. The quantitative estimate of drug-likeness (QED) is 0.703. The van der Waals surface area contributed by atoms with Crippen LogP contribution in [0.15, 0.2) is 0 Å². The molecule has 1 saturated carbocycles. The monoisotopic (exact) mass is 210 g/mol. The molecular formula is C13H26N2. The average Bonchev–Trinajstić information content (AvgIpc) is 2.48. The third-order valence-corrected chi connectivity index (χ3v) is 4.12. The Balaban J connectivity index is 1.74. The van der Waals surface area contributed by atoms with Crippen molar-refractivity contribution in [1.29, 1.82) is 0 Å². The van der Waals surface area contributed by atoms with E-state index in [1.807, 2.05) is 0 Å². The van der Waals surface area contributed by atoms with E-state index in [9.17, 15) is 0 Å². The summed E-state index contributed by atoms with van der Waals surface area (Å²) >= 11 is 0. The molecule has 0 aromatic heterocycles. The van der Waals surface area contributed by atoms with Crippen LogP contribution in [-0.4, -0.2) is 37.1 Å². The van der Waals surface area contributed by atoms with Crippen LogP contribution in [0.5, 0.6) is 0 Å². The van der Waals surface area contributed by atoms with Gasteiger partial charge in [0.1, 0.15) is 0 Å². The summed E-state index contributed by atoms with van der Waals surface area (Å²) in [4.78, 5) is 2.44. The van der Waals surface area contributed by atoms with Gasteiger partial charge in [-0.1, -0.05) is 19.8 Å². The zero-order chi connectivity index (χ0) is 10.7. The highest BCUT2D eigenvalue weighted by molar-refractivity contribution is 4.83. The molecule has 2 aliphatic rings. The maximum atomic E-state index is 3.87. The van der Waals surface area contributed by atoms with Gasteiger partial charge in [0.25, 0.3) is 0 Å². The first-order valence-corrected chi connectivity index (χ1v) is 6.68. The predicted molar refractivity (Wildman–Crippen MR) is 65.1 cm³/mol. The van der Waals surface area contributed by atoms with Gasteiger partial charge < -0.3 is 10.2 Å². The molecule has 0 radical (unpaired) electrons. The Labute approximate surface area is 94.4 Å². The third-order valence-electron chi connectivity index (χ3n) is 4.12. The summed E-state index contributed by atoms with van der Waals surface area (Å²) in [6.07, 6.45) is 8.47. The summed E-state index contributed by atoms with van der Waals surface area (Å²) in [5.74, 6) is 0.961. The van der Waals surface area contributed by atoms with Crippen LogP contribution >= 0.6 is 0 Å². The summed E-state index contributed by atoms with van der Waals surface area (Å²) < 4.78 is 0. The van der Waals surface area contributed by atoms with Gasteiger partial charge in [0.05, 0.1) is 0 Å². The van der Waals surface area contributed by atoms with Crippen LogP contribution in [0.2, 0.25) is 0 Å². The topological polar surface area (TPSA) is 15.3 Å². The first kappa shape index (κ1) is 11.4. The van der Waals surface area contributed by atoms with E-state index in [4.69, 9.17) is 0 Å². The molecule has 0 amide bonds. The molecule has 2 nitrogen and oxygen atoms in total. The lowest BCUT2D eigenvalue weighted by Gasteiger charge is -2.21. The fourth-order valence-electron chi connectivity index (χ4n) is 3.06. The molecule has 1 saturated heterocycles. The molecule has 0 bridgehead atoms. The highest BCUT2D eigenvalue weighted by atomic mass is 15.2. The summed E-state index contributed by atoms with van der Waals surface area (Å²) in [6, 6.07) is 1.58. The highest BCUT2D eigenvalue weighted by Gasteiger charge is 2.23. The average molecular weight is 210 g/mol. The van der Waals surface area contributed by atoms with Crippen molar-refractivity contribution in [3.63, 3.8) is 0 Å². The number of hydrogen-bond donors (Lipinski definition) is 1. The van der Waals surface area contributed by atoms with Crippen LogP contribution < -0.4 is 5.32 Å². The maximum Gasteiger partial charge on any atom is 0.0209 e. The van der Waals surface area contributed by atoms with Gasteiger partial charge in [0, 0.05) is 18.6 Å². The van der Waals surface area contributed by atoms with Crippen molar-refractivity contribution in [1.82, 2.24) is 10.2 Å². The molecule has 3 unspecified atom stereocenters. The Bertz CT molecular complexity index is 193. The normalized spacial score (nSPS) is 39.2. The van der Waals surface area contributed by atoms with Crippen LogP contribution in [0.4, 0.5) is 0 Å². The Morgan fingerprint density at radius 3 is 2.60 bits per heavy atom. The van der Waals surface area contributed by atoms with Crippen LogP contribution in [0.25, 0.3) is 0 Å². The van der Waals surface area contributed by atoms with Gasteiger partial charge in [-0.2, -0.15) is 0 Å². The molecule has 1 heterocycles. The highest BCUT2D eigenvalue weighted by Crippen LogP contribution is 2.23.